The van der Waals surface area contributed by atoms with Crippen LogP contribution in [-0.4, -0.2) is 0 Å². The summed E-state index contributed by atoms with van der Waals surface area (Å²) >= 11 is 0. The average Bonchev–Trinajstić information content (AvgIpc) is 2.47. The average molecular weight is 330 g/mol. The maximum absolute atomic E-state index is 12.6. The molecule has 0 radical (unpaired) electrons. The summed E-state index contributed by atoms with van der Waals surface area (Å²) < 4.78 is 75.4. The molecule has 0 atom stereocenters. The number of rotatable bonds is 2. The third kappa shape index (κ3) is 3.94. The maximum atomic E-state index is 12.6. The van der Waals surface area contributed by atoms with E-state index in [9.17, 15) is 26.3 Å². The Bertz CT molecular complexity index is 628. The van der Waals surface area contributed by atoms with Crippen LogP contribution in [0.2, 0.25) is 0 Å². The highest BCUT2D eigenvalue weighted by Crippen LogP contribution is 2.33. The van der Waals surface area contributed by atoms with Crippen molar-refractivity contribution in [3.8, 4) is 0 Å². The summed E-state index contributed by atoms with van der Waals surface area (Å²) in [6.45, 7) is 1.67. The standard InChI is InChI=1S/C17H12F6/c1-2-15(11-3-7-13(8-4-11)16(18,19)20)12-5-9-14(10-6-12)17(21,22)23/h2-10H,1H3. The van der Waals surface area contributed by atoms with Crippen molar-refractivity contribution in [2.45, 2.75) is 19.3 Å². The van der Waals surface area contributed by atoms with Gasteiger partial charge >= 0.3 is 12.4 Å². The number of hydrogen-bond acceptors (Lipinski definition) is 0. The molecular formula is C17H12F6. The van der Waals surface area contributed by atoms with Crippen LogP contribution in [0.4, 0.5) is 26.3 Å². The quantitative estimate of drug-likeness (QED) is 0.577. The smallest absolute Gasteiger partial charge is 0.166 e. The lowest BCUT2D eigenvalue weighted by Gasteiger charge is -2.12. The lowest BCUT2D eigenvalue weighted by Crippen LogP contribution is -2.05. The highest BCUT2D eigenvalue weighted by molar-refractivity contribution is 5.79. The molecule has 2 aromatic rings. The van der Waals surface area contributed by atoms with Crippen molar-refractivity contribution in [2.24, 2.45) is 0 Å². The number of halogens is 6. The number of hydrogen-bond donors (Lipinski definition) is 0. The van der Waals surface area contributed by atoms with Gasteiger partial charge in [-0.3, -0.25) is 0 Å². The summed E-state index contributed by atoms with van der Waals surface area (Å²) in [6, 6.07) is 9.00. The van der Waals surface area contributed by atoms with Gasteiger partial charge in [-0.1, -0.05) is 30.3 Å². The van der Waals surface area contributed by atoms with Gasteiger partial charge in [0, 0.05) is 0 Å². The van der Waals surface area contributed by atoms with Gasteiger partial charge in [-0.2, -0.15) is 26.3 Å². The van der Waals surface area contributed by atoms with E-state index in [-0.39, 0.29) is 0 Å². The molecule has 122 valence electrons. The molecular weight excluding hydrogens is 318 g/mol. The van der Waals surface area contributed by atoms with Gasteiger partial charge in [0.2, 0.25) is 0 Å². The minimum absolute atomic E-state index is 0.500. The fourth-order valence-corrected chi connectivity index (χ4v) is 2.18. The zero-order valence-corrected chi connectivity index (χ0v) is 12.0. The Balaban J connectivity index is 2.34. The van der Waals surface area contributed by atoms with E-state index >= 15 is 0 Å². The first kappa shape index (κ1) is 17.1. The van der Waals surface area contributed by atoms with Crippen molar-refractivity contribution >= 4 is 5.57 Å². The monoisotopic (exact) mass is 330 g/mol. The van der Waals surface area contributed by atoms with Crippen LogP contribution in [0.5, 0.6) is 0 Å². The molecule has 0 bridgehead atoms. The van der Waals surface area contributed by atoms with Crippen LogP contribution in [-0.2, 0) is 12.4 Å². The highest BCUT2D eigenvalue weighted by Gasteiger charge is 2.31. The van der Waals surface area contributed by atoms with Gasteiger partial charge in [0.1, 0.15) is 0 Å². The van der Waals surface area contributed by atoms with E-state index in [1.54, 1.807) is 13.0 Å². The van der Waals surface area contributed by atoms with Crippen molar-refractivity contribution < 1.29 is 26.3 Å². The Kier molecular flexibility index (Phi) is 4.54. The fraction of sp³-hybridized carbons (Fsp3) is 0.176. The summed E-state index contributed by atoms with van der Waals surface area (Å²) in [6.07, 6.45) is -7.21. The van der Waals surface area contributed by atoms with E-state index in [1.165, 1.54) is 24.3 Å². The zero-order valence-electron chi connectivity index (χ0n) is 12.0. The molecule has 0 aromatic heterocycles. The molecule has 0 spiro atoms. The fourth-order valence-electron chi connectivity index (χ4n) is 2.18. The first-order valence-electron chi connectivity index (χ1n) is 6.64. The van der Waals surface area contributed by atoms with Crippen molar-refractivity contribution in [3.05, 3.63) is 76.9 Å². The van der Waals surface area contributed by atoms with Crippen LogP contribution in [0.3, 0.4) is 0 Å². The summed E-state index contributed by atoms with van der Waals surface area (Å²) in [4.78, 5) is 0. The molecule has 2 rings (SSSR count). The molecule has 0 fully saturated rings. The predicted molar refractivity (Wildman–Crippen MR) is 75.6 cm³/mol. The van der Waals surface area contributed by atoms with Gasteiger partial charge < -0.3 is 0 Å². The molecule has 0 amide bonds. The third-order valence-electron chi connectivity index (χ3n) is 3.34. The maximum Gasteiger partial charge on any atom is 0.416 e. The Morgan fingerprint density at radius 3 is 1.17 bits per heavy atom. The molecule has 0 unspecified atom stereocenters. The van der Waals surface area contributed by atoms with Gasteiger partial charge in [-0.25, -0.2) is 0 Å². The first-order valence-corrected chi connectivity index (χ1v) is 6.64. The van der Waals surface area contributed by atoms with Gasteiger partial charge in [0.15, 0.2) is 0 Å². The molecule has 0 aliphatic carbocycles. The number of alkyl halides is 6. The predicted octanol–water partition coefficient (Wildman–Crippen LogP) is 6.18. The van der Waals surface area contributed by atoms with Crippen LogP contribution in [0, 0.1) is 0 Å². The Morgan fingerprint density at radius 2 is 0.957 bits per heavy atom. The van der Waals surface area contributed by atoms with Crippen LogP contribution in [0.1, 0.15) is 29.2 Å². The number of benzene rings is 2. The molecule has 0 saturated carbocycles. The highest BCUT2D eigenvalue weighted by atomic mass is 19.4. The largest absolute Gasteiger partial charge is 0.416 e. The van der Waals surface area contributed by atoms with Crippen molar-refractivity contribution in [1.82, 2.24) is 0 Å². The normalized spacial score (nSPS) is 12.1. The Labute approximate surface area is 129 Å². The van der Waals surface area contributed by atoms with E-state index in [2.05, 4.69) is 0 Å². The van der Waals surface area contributed by atoms with Gasteiger partial charge in [0.05, 0.1) is 11.1 Å². The van der Waals surface area contributed by atoms with E-state index < -0.39 is 23.5 Å². The second-order valence-corrected chi connectivity index (χ2v) is 4.85. The van der Waals surface area contributed by atoms with Crippen molar-refractivity contribution in [3.63, 3.8) is 0 Å². The van der Waals surface area contributed by atoms with Crippen LogP contribution in [0.25, 0.3) is 5.57 Å². The molecule has 0 aliphatic heterocycles. The minimum Gasteiger partial charge on any atom is -0.166 e. The SMILES string of the molecule is CC=C(c1ccc(C(F)(F)F)cc1)c1ccc(C(F)(F)F)cc1. The molecule has 6 heteroatoms. The first-order chi connectivity index (χ1) is 10.6. The van der Waals surface area contributed by atoms with E-state index in [1.807, 2.05) is 0 Å². The van der Waals surface area contributed by atoms with Crippen molar-refractivity contribution in [1.29, 1.82) is 0 Å². The van der Waals surface area contributed by atoms with Gasteiger partial charge in [-0.15, -0.1) is 0 Å². The molecule has 23 heavy (non-hydrogen) atoms. The molecule has 0 heterocycles. The molecule has 0 nitrogen and oxygen atoms in total. The molecule has 0 aliphatic rings. The van der Waals surface area contributed by atoms with Crippen LogP contribution < -0.4 is 0 Å². The van der Waals surface area contributed by atoms with Crippen LogP contribution in [0.15, 0.2) is 54.6 Å². The Morgan fingerprint density at radius 1 is 0.652 bits per heavy atom. The van der Waals surface area contributed by atoms with Crippen LogP contribution >= 0.6 is 0 Å². The van der Waals surface area contributed by atoms with E-state index in [4.69, 9.17) is 0 Å². The second kappa shape index (κ2) is 6.10. The summed E-state index contributed by atoms with van der Waals surface area (Å²) in [7, 11) is 0. The number of allylic oxidation sites excluding steroid dienone is 1. The zero-order chi connectivity index (χ0) is 17.3. The topological polar surface area (TPSA) is 0 Å². The molecule has 2 aromatic carbocycles. The summed E-state index contributed by atoms with van der Waals surface area (Å²) in [5, 5.41) is 0. The van der Waals surface area contributed by atoms with Gasteiger partial charge in [-0.05, 0) is 47.9 Å². The lowest BCUT2D eigenvalue weighted by molar-refractivity contribution is -0.138. The van der Waals surface area contributed by atoms with Gasteiger partial charge in [0.25, 0.3) is 0 Å². The summed E-state index contributed by atoms with van der Waals surface area (Å²) in [5.74, 6) is 0. The minimum atomic E-state index is -4.43. The lowest BCUT2D eigenvalue weighted by atomic mass is 9.96. The molecule has 0 saturated heterocycles. The van der Waals surface area contributed by atoms with Crippen molar-refractivity contribution in [2.75, 3.05) is 0 Å². The second-order valence-electron chi connectivity index (χ2n) is 4.85. The Hall–Kier alpha value is -2.24. The summed E-state index contributed by atoms with van der Waals surface area (Å²) in [5.41, 5.74) is 0.0150. The third-order valence-corrected chi connectivity index (χ3v) is 3.34. The van der Waals surface area contributed by atoms with E-state index in [0.29, 0.717) is 16.7 Å². The van der Waals surface area contributed by atoms with E-state index in [0.717, 1.165) is 24.3 Å². The molecule has 0 N–H and O–H groups in total.